The van der Waals surface area contributed by atoms with Gasteiger partial charge in [-0.1, -0.05) is 48.5 Å². The summed E-state index contributed by atoms with van der Waals surface area (Å²) < 4.78 is 24.1. The highest BCUT2D eigenvalue weighted by molar-refractivity contribution is 5.95. The Kier molecular flexibility index (Phi) is 3.09. The van der Waals surface area contributed by atoms with Crippen molar-refractivity contribution in [1.29, 1.82) is 0 Å². The Morgan fingerprint density at radius 3 is 1.89 bits per heavy atom. The van der Waals surface area contributed by atoms with Crippen molar-refractivity contribution in [2.75, 3.05) is 20.8 Å². The van der Waals surface area contributed by atoms with Gasteiger partial charge < -0.3 is 14.2 Å². The number of ether oxygens (including phenoxy) is 3. The molecule has 1 saturated heterocycles. The zero-order valence-electron chi connectivity index (χ0n) is 16.1. The summed E-state index contributed by atoms with van der Waals surface area (Å²) in [6.45, 7) is -1.17. The molecule has 0 aromatic heterocycles. The molecule has 3 atom stereocenters. The number of esters is 2. The highest BCUT2D eigenvalue weighted by Gasteiger charge is 2.77. The zero-order valence-corrected chi connectivity index (χ0v) is 15.1. The maximum Gasteiger partial charge on any atom is 0.341 e. The predicted octanol–water partition coefficient (Wildman–Crippen LogP) is 2.77. The summed E-state index contributed by atoms with van der Waals surface area (Å²) >= 11 is 0. The Morgan fingerprint density at radius 1 is 0.963 bits per heavy atom. The van der Waals surface area contributed by atoms with Gasteiger partial charge in [0.25, 0.3) is 0 Å². The molecular formula is C22H20O5. The van der Waals surface area contributed by atoms with E-state index in [0.717, 1.165) is 22.3 Å². The van der Waals surface area contributed by atoms with Crippen LogP contribution < -0.4 is 0 Å². The standard InChI is InChI=1S/C22H20O5/c1-25-19(23)21(22(12-27-22)20(24)26-2)11-17-13-7-3-5-9-15(13)18(21)16-10-6-4-8-14(16)17/h3-10,17-18H,11-12H2,1-2H3/t17?,18?,21?,22-/m1/s1/i12D/t12?,17?,18?,21?,22-. The number of methoxy groups -OCH3 is 2. The number of hydrogen-bond donors (Lipinski definition) is 0. The summed E-state index contributed by atoms with van der Waals surface area (Å²) in [6.07, 6.45) is 0.336. The number of benzene rings is 2. The van der Waals surface area contributed by atoms with Crippen LogP contribution in [0.2, 0.25) is 0 Å². The number of carbonyl (C=O) groups excluding carboxylic acids is 2. The van der Waals surface area contributed by atoms with Crippen molar-refractivity contribution < 1.29 is 25.2 Å². The fraction of sp³-hybridized carbons (Fsp3) is 0.364. The number of fused-ring (bicyclic) bond motifs is 1. The van der Waals surface area contributed by atoms with E-state index in [2.05, 4.69) is 12.1 Å². The first-order chi connectivity index (χ1) is 13.5. The third kappa shape index (κ3) is 1.82. The van der Waals surface area contributed by atoms with Crippen molar-refractivity contribution >= 4 is 11.9 Å². The SMILES string of the molecule is [2H]C1O[C@]1(C(=O)OC)C1(C(=O)OC)CC2c3ccccc3C1c1ccccc12. The summed E-state index contributed by atoms with van der Waals surface area (Å²) in [7, 11) is 2.57. The van der Waals surface area contributed by atoms with Gasteiger partial charge in [0.05, 0.1) is 22.2 Å². The maximum atomic E-state index is 13.4. The minimum Gasteiger partial charge on any atom is -0.468 e. The van der Waals surface area contributed by atoms with Crippen molar-refractivity contribution in [2.45, 2.75) is 23.9 Å². The van der Waals surface area contributed by atoms with Crippen LogP contribution in [0.3, 0.4) is 0 Å². The molecule has 3 aliphatic carbocycles. The molecule has 2 unspecified atom stereocenters. The molecule has 2 aromatic carbocycles. The first-order valence-electron chi connectivity index (χ1n) is 9.55. The largest absolute Gasteiger partial charge is 0.468 e. The van der Waals surface area contributed by atoms with Crippen molar-refractivity contribution in [1.82, 2.24) is 0 Å². The molecule has 1 aliphatic heterocycles. The second-order valence-corrected chi connectivity index (χ2v) is 7.37. The Labute approximate surface area is 158 Å². The van der Waals surface area contributed by atoms with E-state index in [9.17, 15) is 9.59 Å². The van der Waals surface area contributed by atoms with Crippen molar-refractivity contribution in [3.8, 4) is 0 Å². The molecule has 5 nitrogen and oxygen atoms in total. The highest BCUT2D eigenvalue weighted by atomic mass is 16.6. The van der Waals surface area contributed by atoms with Crippen LogP contribution in [-0.2, 0) is 23.8 Å². The topological polar surface area (TPSA) is 65.1 Å². The lowest BCUT2D eigenvalue weighted by atomic mass is 9.48. The van der Waals surface area contributed by atoms with Crippen LogP contribution >= 0.6 is 0 Å². The fourth-order valence-electron chi connectivity index (χ4n) is 5.31. The van der Waals surface area contributed by atoms with Gasteiger partial charge in [0.15, 0.2) is 0 Å². The Bertz CT molecular complexity index is 956. The fourth-order valence-corrected chi connectivity index (χ4v) is 5.31. The molecular weight excluding hydrogens is 344 g/mol. The summed E-state index contributed by atoms with van der Waals surface area (Å²) in [5.74, 6) is -1.77. The van der Waals surface area contributed by atoms with Crippen LogP contribution in [-0.4, -0.2) is 38.3 Å². The van der Waals surface area contributed by atoms with Crippen LogP contribution in [0.1, 0.15) is 41.9 Å². The van der Waals surface area contributed by atoms with Gasteiger partial charge in [0.1, 0.15) is 5.41 Å². The molecule has 2 aromatic rings. The second-order valence-electron chi connectivity index (χ2n) is 7.37. The van der Waals surface area contributed by atoms with Crippen LogP contribution in [0.5, 0.6) is 0 Å². The van der Waals surface area contributed by atoms with E-state index in [1.807, 2.05) is 36.4 Å². The Hall–Kier alpha value is -2.66. The molecule has 27 heavy (non-hydrogen) atoms. The molecule has 138 valence electrons. The molecule has 0 N–H and O–H groups in total. The molecule has 0 amide bonds. The number of hydrogen-bond acceptors (Lipinski definition) is 5. The van der Waals surface area contributed by atoms with Gasteiger partial charge in [-0.3, -0.25) is 4.79 Å². The summed E-state index contributed by atoms with van der Waals surface area (Å²) in [4.78, 5) is 26.2. The Morgan fingerprint density at radius 2 is 1.44 bits per heavy atom. The van der Waals surface area contributed by atoms with Crippen LogP contribution in [0.15, 0.2) is 48.5 Å². The third-order valence-corrected chi connectivity index (χ3v) is 6.44. The van der Waals surface area contributed by atoms with E-state index in [1.165, 1.54) is 14.2 Å². The van der Waals surface area contributed by atoms with E-state index >= 15 is 0 Å². The summed E-state index contributed by atoms with van der Waals surface area (Å²) in [6, 6.07) is 16.0. The minimum atomic E-state index is -1.67. The van der Waals surface area contributed by atoms with E-state index in [1.54, 1.807) is 0 Å². The maximum absolute atomic E-state index is 13.4. The number of epoxide rings is 1. The van der Waals surface area contributed by atoms with Crippen molar-refractivity contribution in [3.05, 3.63) is 70.8 Å². The van der Waals surface area contributed by atoms with Crippen LogP contribution in [0.25, 0.3) is 0 Å². The zero-order chi connectivity index (χ0) is 19.7. The van der Waals surface area contributed by atoms with Gasteiger partial charge in [-0.2, -0.15) is 0 Å². The smallest absolute Gasteiger partial charge is 0.341 e. The van der Waals surface area contributed by atoms with Crippen molar-refractivity contribution in [3.63, 3.8) is 0 Å². The van der Waals surface area contributed by atoms with Crippen molar-refractivity contribution in [2.24, 2.45) is 5.41 Å². The molecule has 2 bridgehead atoms. The summed E-state index contributed by atoms with van der Waals surface area (Å²) in [5, 5.41) is 0. The molecule has 0 saturated carbocycles. The lowest BCUT2D eigenvalue weighted by Gasteiger charge is -2.53. The molecule has 4 aliphatic rings. The monoisotopic (exact) mass is 365 g/mol. The molecule has 5 heteroatoms. The van der Waals surface area contributed by atoms with Gasteiger partial charge in [0, 0.05) is 11.8 Å². The van der Waals surface area contributed by atoms with Gasteiger partial charge in [-0.15, -0.1) is 0 Å². The lowest BCUT2D eigenvalue weighted by Crippen LogP contribution is -2.59. The van der Waals surface area contributed by atoms with Gasteiger partial charge >= 0.3 is 11.9 Å². The third-order valence-electron chi connectivity index (χ3n) is 6.44. The molecule has 0 spiro atoms. The number of rotatable bonds is 3. The van der Waals surface area contributed by atoms with Gasteiger partial charge in [-0.05, 0) is 28.7 Å². The minimum absolute atomic E-state index is 0.0885. The summed E-state index contributed by atoms with van der Waals surface area (Å²) in [5.41, 5.74) is 1.23. The quantitative estimate of drug-likeness (QED) is 0.618. The second kappa shape index (κ2) is 5.42. The Balaban J connectivity index is 1.84. The first-order valence-corrected chi connectivity index (χ1v) is 8.97. The van der Waals surface area contributed by atoms with Gasteiger partial charge in [-0.25, -0.2) is 4.79 Å². The van der Waals surface area contributed by atoms with E-state index in [4.69, 9.17) is 15.6 Å². The molecule has 6 rings (SSSR count). The van der Waals surface area contributed by atoms with Crippen LogP contribution in [0, 0.1) is 5.41 Å². The molecule has 0 radical (unpaired) electrons. The number of carbonyl (C=O) groups is 2. The van der Waals surface area contributed by atoms with E-state index < -0.39 is 35.5 Å². The van der Waals surface area contributed by atoms with E-state index in [0.29, 0.717) is 6.42 Å². The van der Waals surface area contributed by atoms with E-state index in [-0.39, 0.29) is 5.92 Å². The van der Waals surface area contributed by atoms with Crippen LogP contribution in [0.4, 0.5) is 0 Å². The normalized spacial score (nSPS) is 35.5. The highest BCUT2D eigenvalue weighted by Crippen LogP contribution is 2.68. The first kappa shape index (κ1) is 15.4. The lowest BCUT2D eigenvalue weighted by molar-refractivity contribution is -0.172. The average molecular weight is 365 g/mol. The molecule has 1 fully saturated rings. The average Bonchev–Trinajstić information content (AvgIpc) is 3.44. The predicted molar refractivity (Wildman–Crippen MR) is 96.3 cm³/mol. The molecule has 1 heterocycles. The van der Waals surface area contributed by atoms with Gasteiger partial charge in [0.2, 0.25) is 5.60 Å².